The van der Waals surface area contributed by atoms with Crippen molar-refractivity contribution in [3.05, 3.63) is 87.9 Å². The van der Waals surface area contributed by atoms with Crippen molar-refractivity contribution >= 4 is 17.7 Å². The molecule has 2 N–H and O–H groups in total. The van der Waals surface area contributed by atoms with Crippen LogP contribution in [0.1, 0.15) is 28.2 Å². The van der Waals surface area contributed by atoms with E-state index in [2.05, 4.69) is 41.4 Å². The van der Waals surface area contributed by atoms with Gasteiger partial charge >= 0.3 is 6.09 Å². The number of carbonyl (C=O) groups is 1. The van der Waals surface area contributed by atoms with E-state index in [1.807, 2.05) is 24.3 Å². The Hall–Kier alpha value is -3.42. The standard InChI is InChI=1S/C25H20ClNO3/c1-16-13-18(26)14-17(24(16)28)7-6-12-27-25(29)30-15-23-21-10-4-2-8-19(21)20-9-3-5-11-22(20)23/h2-5,8-11,13-14,23,28H,12,15H2,1H3,(H,27,29). The molecule has 0 aromatic heterocycles. The number of amides is 1. The highest BCUT2D eigenvalue weighted by molar-refractivity contribution is 6.30. The summed E-state index contributed by atoms with van der Waals surface area (Å²) in [4.78, 5) is 12.1. The summed E-state index contributed by atoms with van der Waals surface area (Å²) in [7, 11) is 0. The summed E-state index contributed by atoms with van der Waals surface area (Å²) in [6.45, 7) is 2.10. The van der Waals surface area contributed by atoms with Crippen molar-refractivity contribution in [2.45, 2.75) is 12.8 Å². The second-order valence-electron chi connectivity index (χ2n) is 7.10. The average Bonchev–Trinajstić information content (AvgIpc) is 3.07. The van der Waals surface area contributed by atoms with Crippen molar-refractivity contribution < 1.29 is 14.6 Å². The molecule has 0 aliphatic heterocycles. The number of benzene rings is 3. The van der Waals surface area contributed by atoms with Crippen LogP contribution in [0.3, 0.4) is 0 Å². The zero-order chi connectivity index (χ0) is 21.1. The van der Waals surface area contributed by atoms with Crippen molar-refractivity contribution in [1.82, 2.24) is 5.32 Å². The number of carbonyl (C=O) groups excluding carboxylic acids is 1. The monoisotopic (exact) mass is 417 g/mol. The van der Waals surface area contributed by atoms with Gasteiger partial charge in [0.05, 0.1) is 12.1 Å². The van der Waals surface area contributed by atoms with Crippen LogP contribution in [-0.4, -0.2) is 24.4 Å². The third-order valence-corrected chi connectivity index (χ3v) is 5.37. The molecular formula is C25H20ClNO3. The average molecular weight is 418 g/mol. The number of aromatic hydroxyl groups is 1. The Kier molecular flexibility index (Phi) is 5.65. The van der Waals surface area contributed by atoms with Gasteiger partial charge in [0.1, 0.15) is 12.4 Å². The third kappa shape index (κ3) is 3.98. The Bertz CT molecular complexity index is 1130. The Morgan fingerprint density at radius 2 is 1.73 bits per heavy atom. The molecule has 0 atom stereocenters. The van der Waals surface area contributed by atoms with Gasteiger partial charge < -0.3 is 15.2 Å². The van der Waals surface area contributed by atoms with Crippen molar-refractivity contribution in [3.8, 4) is 28.7 Å². The van der Waals surface area contributed by atoms with Crippen LogP contribution in [0.25, 0.3) is 11.1 Å². The number of ether oxygens (including phenoxy) is 1. The molecule has 0 saturated carbocycles. The minimum absolute atomic E-state index is 0.0145. The Labute approximate surface area is 180 Å². The predicted octanol–water partition coefficient (Wildman–Crippen LogP) is 5.24. The fraction of sp³-hybridized carbons (Fsp3) is 0.160. The third-order valence-electron chi connectivity index (χ3n) is 5.15. The number of phenolic OH excluding ortho intramolecular Hbond substituents is 1. The maximum Gasteiger partial charge on any atom is 0.407 e. The quantitative estimate of drug-likeness (QED) is 0.572. The lowest BCUT2D eigenvalue weighted by molar-refractivity contribution is 0.144. The summed E-state index contributed by atoms with van der Waals surface area (Å²) in [5, 5.41) is 13.1. The highest BCUT2D eigenvalue weighted by Gasteiger charge is 2.28. The Morgan fingerprint density at radius 1 is 1.10 bits per heavy atom. The van der Waals surface area contributed by atoms with E-state index in [9.17, 15) is 9.90 Å². The number of phenols is 1. The van der Waals surface area contributed by atoms with E-state index in [1.54, 1.807) is 19.1 Å². The van der Waals surface area contributed by atoms with E-state index < -0.39 is 6.09 Å². The minimum Gasteiger partial charge on any atom is -0.506 e. The lowest BCUT2D eigenvalue weighted by atomic mass is 9.98. The van der Waals surface area contributed by atoms with E-state index >= 15 is 0 Å². The molecular weight excluding hydrogens is 398 g/mol. The van der Waals surface area contributed by atoms with Gasteiger partial charge in [0, 0.05) is 10.9 Å². The first-order valence-electron chi connectivity index (χ1n) is 9.61. The van der Waals surface area contributed by atoms with Crippen LogP contribution < -0.4 is 5.32 Å². The normalized spacial score (nSPS) is 11.8. The Morgan fingerprint density at radius 3 is 2.40 bits per heavy atom. The van der Waals surface area contributed by atoms with E-state index in [0.717, 1.165) is 11.1 Å². The number of alkyl carbamates (subject to hydrolysis) is 1. The molecule has 0 heterocycles. The topological polar surface area (TPSA) is 58.6 Å². The maximum atomic E-state index is 12.1. The largest absolute Gasteiger partial charge is 0.506 e. The molecule has 3 aromatic rings. The first kappa shape index (κ1) is 19.9. The number of halogens is 1. The Balaban J connectivity index is 1.37. The van der Waals surface area contributed by atoms with Gasteiger partial charge in [0.25, 0.3) is 0 Å². The summed E-state index contributed by atoms with van der Waals surface area (Å²) < 4.78 is 5.47. The molecule has 0 fully saturated rings. The van der Waals surface area contributed by atoms with Crippen LogP contribution in [0.4, 0.5) is 4.79 Å². The van der Waals surface area contributed by atoms with Crippen molar-refractivity contribution in [2.24, 2.45) is 0 Å². The summed E-state index contributed by atoms with van der Waals surface area (Å²) in [6.07, 6.45) is -0.530. The summed E-state index contributed by atoms with van der Waals surface area (Å²) >= 11 is 5.99. The number of hydrogen-bond donors (Lipinski definition) is 2. The van der Waals surface area contributed by atoms with E-state index in [4.69, 9.17) is 16.3 Å². The van der Waals surface area contributed by atoms with E-state index in [0.29, 0.717) is 16.1 Å². The van der Waals surface area contributed by atoms with Gasteiger partial charge in [0.15, 0.2) is 0 Å². The van der Waals surface area contributed by atoms with Gasteiger partial charge in [-0.1, -0.05) is 72.0 Å². The van der Waals surface area contributed by atoms with Gasteiger partial charge in [0.2, 0.25) is 0 Å². The van der Waals surface area contributed by atoms with Crippen LogP contribution in [0.15, 0.2) is 60.7 Å². The fourth-order valence-corrected chi connectivity index (χ4v) is 4.01. The number of hydrogen-bond acceptors (Lipinski definition) is 3. The molecule has 0 bridgehead atoms. The molecule has 1 aliphatic carbocycles. The molecule has 4 rings (SSSR count). The molecule has 30 heavy (non-hydrogen) atoms. The second kappa shape index (κ2) is 8.52. The van der Waals surface area contributed by atoms with Crippen molar-refractivity contribution in [2.75, 3.05) is 13.2 Å². The zero-order valence-corrected chi connectivity index (χ0v) is 17.2. The number of aryl methyl sites for hydroxylation is 1. The van der Waals surface area contributed by atoms with Crippen molar-refractivity contribution in [3.63, 3.8) is 0 Å². The molecule has 1 amide bonds. The lowest BCUT2D eigenvalue weighted by Gasteiger charge is -2.14. The molecule has 0 radical (unpaired) electrons. The molecule has 5 heteroatoms. The van der Waals surface area contributed by atoms with Crippen LogP contribution in [0.2, 0.25) is 5.02 Å². The molecule has 3 aromatic carbocycles. The second-order valence-corrected chi connectivity index (χ2v) is 7.54. The van der Waals surface area contributed by atoms with Crippen LogP contribution in [0, 0.1) is 18.8 Å². The van der Waals surface area contributed by atoms with Crippen LogP contribution >= 0.6 is 11.6 Å². The summed E-state index contributed by atoms with van der Waals surface area (Å²) in [6, 6.07) is 19.6. The minimum atomic E-state index is -0.530. The van der Waals surface area contributed by atoms with Gasteiger partial charge in [-0.15, -0.1) is 0 Å². The lowest BCUT2D eigenvalue weighted by Crippen LogP contribution is -2.26. The predicted molar refractivity (Wildman–Crippen MR) is 118 cm³/mol. The SMILES string of the molecule is Cc1cc(Cl)cc(C#CCNC(=O)OCC2c3ccccc3-c3ccccc32)c1O. The van der Waals surface area contributed by atoms with Crippen LogP contribution in [0.5, 0.6) is 5.75 Å². The fourth-order valence-electron chi connectivity index (χ4n) is 3.74. The van der Waals surface area contributed by atoms with Gasteiger partial charge in [-0.2, -0.15) is 0 Å². The first-order chi connectivity index (χ1) is 14.5. The highest BCUT2D eigenvalue weighted by atomic mass is 35.5. The van der Waals surface area contributed by atoms with Crippen LogP contribution in [-0.2, 0) is 4.74 Å². The smallest absolute Gasteiger partial charge is 0.407 e. The van der Waals surface area contributed by atoms with E-state index in [1.165, 1.54) is 11.1 Å². The summed E-state index contributed by atoms with van der Waals surface area (Å²) in [5.74, 6) is 5.73. The number of fused-ring (bicyclic) bond motifs is 3. The number of rotatable bonds is 3. The van der Waals surface area contributed by atoms with E-state index in [-0.39, 0.29) is 24.8 Å². The van der Waals surface area contributed by atoms with Gasteiger partial charge in [-0.05, 0) is 46.9 Å². The summed E-state index contributed by atoms with van der Waals surface area (Å²) in [5.41, 5.74) is 5.77. The first-order valence-corrected chi connectivity index (χ1v) is 9.99. The molecule has 4 nitrogen and oxygen atoms in total. The molecule has 0 spiro atoms. The van der Waals surface area contributed by atoms with Gasteiger partial charge in [-0.3, -0.25) is 0 Å². The highest BCUT2D eigenvalue weighted by Crippen LogP contribution is 2.44. The maximum absolute atomic E-state index is 12.1. The van der Waals surface area contributed by atoms with Crippen molar-refractivity contribution in [1.29, 1.82) is 0 Å². The molecule has 1 aliphatic rings. The van der Waals surface area contributed by atoms with Gasteiger partial charge in [-0.25, -0.2) is 4.79 Å². The molecule has 150 valence electrons. The molecule has 0 saturated heterocycles. The molecule has 0 unspecified atom stereocenters. The number of nitrogens with one attached hydrogen (secondary N) is 1. The zero-order valence-electron chi connectivity index (χ0n) is 16.4.